The van der Waals surface area contributed by atoms with Crippen molar-refractivity contribution in [1.29, 1.82) is 0 Å². The van der Waals surface area contributed by atoms with Crippen LogP contribution >= 0.6 is 0 Å². The van der Waals surface area contributed by atoms with Crippen molar-refractivity contribution in [1.82, 2.24) is 5.53 Å². The maximum absolute atomic E-state index is 9.10. The Balaban J connectivity index is 2.52. The van der Waals surface area contributed by atoms with E-state index in [9.17, 15) is 0 Å². The average Bonchev–Trinajstić information content (AvgIpc) is 2.42. The Kier molecular flexibility index (Phi) is 3.31. The van der Waals surface area contributed by atoms with Crippen molar-refractivity contribution in [2.75, 3.05) is 0 Å². The third-order valence-corrected chi connectivity index (χ3v) is 2.49. The minimum Gasteiger partial charge on any atom is -0.396 e. The number of nitrogens with zero attached hydrogens (tertiary/aromatic N) is 2. The van der Waals surface area contributed by atoms with Crippen molar-refractivity contribution < 1.29 is 0 Å². The second kappa shape index (κ2) is 5.07. The Morgan fingerprint density at radius 3 is 1.76 bits per heavy atom. The molecule has 0 heterocycles. The molecule has 0 saturated carbocycles. The standard InChI is InChI=1S/C14H12N3/c15-13(11-7-3-1-4-8-11)14(17-16)12-9-5-2-6-10-12/h1-10H,15H2. The third kappa shape index (κ3) is 2.39. The zero-order chi connectivity index (χ0) is 12.1. The Bertz CT molecular complexity index is 530. The van der Waals surface area contributed by atoms with E-state index in [0.717, 1.165) is 11.1 Å². The molecule has 0 spiro atoms. The summed E-state index contributed by atoms with van der Waals surface area (Å²) in [4.78, 5) is 0. The number of hydrogen-bond donors (Lipinski definition) is 1. The molecule has 0 unspecified atom stereocenters. The molecule has 3 heteroatoms. The van der Waals surface area contributed by atoms with Gasteiger partial charge in [0.15, 0.2) is 0 Å². The molecule has 0 saturated heterocycles. The molecular weight excluding hydrogens is 210 g/mol. The molecule has 3 nitrogen and oxygen atoms in total. The zero-order valence-electron chi connectivity index (χ0n) is 9.25. The van der Waals surface area contributed by atoms with E-state index in [0.29, 0.717) is 11.4 Å². The Labute approximate surface area is 100 Å². The van der Waals surface area contributed by atoms with E-state index in [4.69, 9.17) is 11.3 Å². The van der Waals surface area contributed by atoms with E-state index >= 15 is 0 Å². The quantitative estimate of drug-likeness (QED) is 0.630. The van der Waals surface area contributed by atoms with Crippen LogP contribution in [-0.2, 0) is 0 Å². The van der Waals surface area contributed by atoms with Crippen LogP contribution < -0.4 is 11.3 Å². The monoisotopic (exact) mass is 222 g/mol. The first-order valence-corrected chi connectivity index (χ1v) is 5.28. The summed E-state index contributed by atoms with van der Waals surface area (Å²) in [6.07, 6.45) is 0. The van der Waals surface area contributed by atoms with E-state index in [1.165, 1.54) is 0 Å². The van der Waals surface area contributed by atoms with Gasteiger partial charge in [0, 0.05) is 5.56 Å². The van der Waals surface area contributed by atoms with Crippen LogP contribution in [-0.4, -0.2) is 0 Å². The van der Waals surface area contributed by atoms with Crippen LogP contribution in [0.3, 0.4) is 0 Å². The molecule has 0 amide bonds. The normalized spacial score (nSPS) is 11.8. The van der Waals surface area contributed by atoms with Gasteiger partial charge in [0.1, 0.15) is 5.70 Å². The van der Waals surface area contributed by atoms with E-state index in [1.54, 1.807) is 0 Å². The smallest absolute Gasteiger partial charge is 0.118 e. The second-order valence-electron chi connectivity index (χ2n) is 3.59. The van der Waals surface area contributed by atoms with E-state index in [1.807, 2.05) is 60.7 Å². The van der Waals surface area contributed by atoms with Gasteiger partial charge in [0.2, 0.25) is 0 Å². The number of nitrogens with two attached hydrogens (primary N) is 1. The highest BCUT2D eigenvalue weighted by atomic mass is 15.0. The molecule has 83 valence electrons. The molecule has 2 N–H and O–H groups in total. The third-order valence-electron chi connectivity index (χ3n) is 2.49. The molecule has 0 aliphatic heterocycles. The van der Waals surface area contributed by atoms with Crippen LogP contribution in [0, 0.1) is 0 Å². The first kappa shape index (κ1) is 11.1. The summed E-state index contributed by atoms with van der Waals surface area (Å²) in [5.41, 5.74) is 17.6. The molecule has 0 fully saturated rings. The maximum atomic E-state index is 9.10. The summed E-state index contributed by atoms with van der Waals surface area (Å²) in [7, 11) is 0. The molecule has 1 radical (unpaired) electrons. The lowest BCUT2D eigenvalue weighted by atomic mass is 10.1. The summed E-state index contributed by atoms with van der Waals surface area (Å²) in [6.45, 7) is 0. The predicted octanol–water partition coefficient (Wildman–Crippen LogP) is 2.72. The van der Waals surface area contributed by atoms with Gasteiger partial charge in [-0.05, 0) is 11.1 Å². The van der Waals surface area contributed by atoms with Gasteiger partial charge >= 0.3 is 0 Å². The first-order chi connectivity index (χ1) is 8.33. The molecule has 2 aromatic rings. The largest absolute Gasteiger partial charge is 0.396 e. The van der Waals surface area contributed by atoms with Crippen LogP contribution in [0.5, 0.6) is 0 Å². The molecule has 0 aromatic heterocycles. The minimum absolute atomic E-state index is 0.386. The van der Waals surface area contributed by atoms with Gasteiger partial charge in [0.05, 0.1) is 5.70 Å². The van der Waals surface area contributed by atoms with Crippen LogP contribution in [0.15, 0.2) is 65.8 Å². The molecule has 0 aliphatic carbocycles. The van der Waals surface area contributed by atoms with Gasteiger partial charge in [-0.1, -0.05) is 60.7 Å². The lowest BCUT2D eigenvalue weighted by molar-refractivity contribution is 1.30. The van der Waals surface area contributed by atoms with Crippen molar-refractivity contribution >= 4 is 11.4 Å². The highest BCUT2D eigenvalue weighted by Gasteiger charge is 2.07. The lowest BCUT2D eigenvalue weighted by Crippen LogP contribution is -2.00. The molecule has 2 rings (SSSR count). The van der Waals surface area contributed by atoms with Gasteiger partial charge in [-0.25, -0.2) is 0 Å². The molecule has 0 atom stereocenters. The second-order valence-corrected chi connectivity index (χ2v) is 3.59. The van der Waals surface area contributed by atoms with Gasteiger partial charge in [-0.2, -0.15) is 0 Å². The molecule has 0 bridgehead atoms. The first-order valence-electron chi connectivity index (χ1n) is 5.28. The van der Waals surface area contributed by atoms with E-state index in [-0.39, 0.29) is 0 Å². The topological polar surface area (TPSA) is 60.7 Å². The number of benzene rings is 2. The van der Waals surface area contributed by atoms with Crippen LogP contribution in [0.2, 0.25) is 0 Å². The lowest BCUT2D eigenvalue weighted by Gasteiger charge is -2.06. The van der Waals surface area contributed by atoms with Gasteiger partial charge in [-0.3, -0.25) is 0 Å². The minimum atomic E-state index is 0.386. The summed E-state index contributed by atoms with van der Waals surface area (Å²) in [5.74, 6) is 0. The van der Waals surface area contributed by atoms with Gasteiger partial charge in [0.25, 0.3) is 0 Å². The highest BCUT2D eigenvalue weighted by Crippen LogP contribution is 2.22. The van der Waals surface area contributed by atoms with Crippen LogP contribution in [0.25, 0.3) is 11.4 Å². The van der Waals surface area contributed by atoms with Crippen LogP contribution in [0.4, 0.5) is 0 Å². The van der Waals surface area contributed by atoms with Crippen molar-refractivity contribution in [3.8, 4) is 0 Å². The summed E-state index contributed by atoms with van der Waals surface area (Å²) < 4.78 is 0. The molecule has 17 heavy (non-hydrogen) atoms. The molecule has 2 aromatic carbocycles. The van der Waals surface area contributed by atoms with Crippen molar-refractivity contribution in [2.45, 2.75) is 0 Å². The summed E-state index contributed by atoms with van der Waals surface area (Å²) >= 11 is 0. The van der Waals surface area contributed by atoms with Gasteiger partial charge in [-0.15, -0.1) is 5.11 Å². The SMILES string of the molecule is [N]=NC(=C(N)c1ccccc1)c1ccccc1. The zero-order valence-corrected chi connectivity index (χ0v) is 9.25. The predicted molar refractivity (Wildman–Crippen MR) is 68.4 cm³/mol. The van der Waals surface area contributed by atoms with E-state index in [2.05, 4.69) is 5.11 Å². The molecule has 0 aliphatic rings. The maximum Gasteiger partial charge on any atom is 0.118 e. The van der Waals surface area contributed by atoms with Crippen molar-refractivity contribution in [3.05, 3.63) is 71.8 Å². The Morgan fingerprint density at radius 2 is 1.29 bits per heavy atom. The van der Waals surface area contributed by atoms with Crippen LogP contribution in [0.1, 0.15) is 11.1 Å². The van der Waals surface area contributed by atoms with E-state index < -0.39 is 0 Å². The Morgan fingerprint density at radius 1 is 0.824 bits per heavy atom. The fourth-order valence-electron chi connectivity index (χ4n) is 1.62. The molecular formula is C14H12N3. The van der Waals surface area contributed by atoms with Gasteiger partial charge < -0.3 is 5.73 Å². The summed E-state index contributed by atoms with van der Waals surface area (Å²) in [5, 5.41) is 3.29. The fraction of sp³-hybridized carbons (Fsp3) is 0. The number of hydrogen-bond acceptors (Lipinski definition) is 2. The van der Waals surface area contributed by atoms with Crippen molar-refractivity contribution in [3.63, 3.8) is 0 Å². The number of rotatable bonds is 3. The fourth-order valence-corrected chi connectivity index (χ4v) is 1.62. The summed E-state index contributed by atoms with van der Waals surface area (Å²) in [6, 6.07) is 18.8. The average molecular weight is 222 g/mol. The highest BCUT2D eigenvalue weighted by molar-refractivity contribution is 5.88. The Hall–Kier alpha value is -2.42. The van der Waals surface area contributed by atoms with Crippen molar-refractivity contribution in [2.24, 2.45) is 10.8 Å².